The first-order valence-corrected chi connectivity index (χ1v) is 10.8. The molecule has 2 aliphatic carbocycles. The summed E-state index contributed by atoms with van der Waals surface area (Å²) in [4.78, 5) is 23.2. The van der Waals surface area contributed by atoms with Gasteiger partial charge in [-0.05, 0) is 68.6 Å². The first-order chi connectivity index (χ1) is 12.8. The Morgan fingerprint density at radius 2 is 1.79 bits per heavy atom. The summed E-state index contributed by atoms with van der Waals surface area (Å²) in [5.41, 5.74) is -0.835. The molecule has 28 heavy (non-hydrogen) atoms. The molecule has 0 aromatic rings. The molecule has 0 aliphatic heterocycles. The van der Waals surface area contributed by atoms with Crippen molar-refractivity contribution in [2.45, 2.75) is 98.2 Å². The summed E-state index contributed by atoms with van der Waals surface area (Å²) in [6.07, 6.45) is 5.64. The van der Waals surface area contributed by atoms with Crippen LogP contribution < -0.4 is 0 Å². The molecule has 2 saturated carbocycles. The van der Waals surface area contributed by atoms with Crippen molar-refractivity contribution in [3.63, 3.8) is 0 Å². The summed E-state index contributed by atoms with van der Waals surface area (Å²) in [5.74, 6) is 0.404. The summed E-state index contributed by atoms with van der Waals surface area (Å²) in [6.45, 7) is 12.3. The van der Waals surface area contributed by atoms with Gasteiger partial charge in [0.15, 0.2) is 0 Å². The Bertz CT molecular complexity index is 582. The van der Waals surface area contributed by atoms with Gasteiger partial charge in [0.25, 0.3) is 0 Å². The van der Waals surface area contributed by atoms with Gasteiger partial charge < -0.3 is 14.6 Å². The summed E-state index contributed by atoms with van der Waals surface area (Å²) in [5, 5.41) is 11.3. The Labute approximate surface area is 170 Å². The molecule has 2 fully saturated rings. The second-order valence-electron chi connectivity index (χ2n) is 10.4. The minimum atomic E-state index is -0.708. The first-order valence-electron chi connectivity index (χ1n) is 10.8. The molecular formula is C23H40O5. The molecule has 0 heterocycles. The van der Waals surface area contributed by atoms with Gasteiger partial charge in [0.2, 0.25) is 0 Å². The molecule has 1 N–H and O–H groups in total. The topological polar surface area (TPSA) is 72.8 Å². The second-order valence-corrected chi connectivity index (χ2v) is 10.4. The fraction of sp³-hybridized carbons (Fsp3) is 0.913. The molecule has 0 amide bonds. The van der Waals surface area contributed by atoms with Crippen LogP contribution in [0.1, 0.15) is 86.5 Å². The van der Waals surface area contributed by atoms with E-state index in [2.05, 4.69) is 27.7 Å². The molecule has 5 nitrogen and oxygen atoms in total. The van der Waals surface area contributed by atoms with Gasteiger partial charge in [-0.1, -0.05) is 27.7 Å². The third-order valence-corrected chi connectivity index (χ3v) is 7.95. The van der Waals surface area contributed by atoms with Gasteiger partial charge in [-0.15, -0.1) is 0 Å². The lowest BCUT2D eigenvalue weighted by molar-refractivity contribution is -0.207. The van der Waals surface area contributed by atoms with Gasteiger partial charge in [-0.3, -0.25) is 9.59 Å². The number of hydrogen-bond acceptors (Lipinski definition) is 5. The standard InChI is InChI=1S/C23H40O5/c1-15(14-20(25)27-7)8-9-18-22(5)12-11-19(28-16(2)24)21(3,4)17(22)10-13-23(18,6)26/h15,17-19,26H,8-14H2,1-7H3/t15-,17-,18+,19-,22-,23+/m1/s1. The number of carbonyl (C=O) groups excluding carboxylic acids is 2. The van der Waals surface area contributed by atoms with Crippen molar-refractivity contribution in [2.24, 2.45) is 28.6 Å². The molecule has 0 aromatic carbocycles. The van der Waals surface area contributed by atoms with E-state index in [-0.39, 0.29) is 40.7 Å². The van der Waals surface area contributed by atoms with Gasteiger partial charge in [0.1, 0.15) is 6.10 Å². The van der Waals surface area contributed by atoms with Crippen LogP contribution in [-0.2, 0) is 19.1 Å². The van der Waals surface area contributed by atoms with Crippen LogP contribution in [0.4, 0.5) is 0 Å². The number of rotatable bonds is 6. The molecule has 0 radical (unpaired) electrons. The maximum absolute atomic E-state index is 11.6. The highest BCUT2D eigenvalue weighted by Gasteiger charge is 2.60. The number of esters is 2. The predicted octanol–water partition coefficient (Wildman–Crippen LogP) is 4.50. The molecule has 0 aromatic heterocycles. The van der Waals surface area contributed by atoms with E-state index in [1.165, 1.54) is 14.0 Å². The normalized spacial score (nSPS) is 38.2. The third-order valence-electron chi connectivity index (χ3n) is 7.95. The molecule has 0 bridgehead atoms. The first kappa shape index (κ1) is 23.2. The number of hydrogen-bond donors (Lipinski definition) is 1. The van der Waals surface area contributed by atoms with Gasteiger partial charge in [0, 0.05) is 18.8 Å². The summed E-state index contributed by atoms with van der Waals surface area (Å²) >= 11 is 0. The van der Waals surface area contributed by atoms with E-state index in [1.807, 2.05) is 6.92 Å². The van der Waals surface area contributed by atoms with Crippen LogP contribution in [0.25, 0.3) is 0 Å². The fourth-order valence-corrected chi connectivity index (χ4v) is 6.48. The quantitative estimate of drug-likeness (QED) is 0.669. The van der Waals surface area contributed by atoms with Crippen LogP contribution in [0.15, 0.2) is 0 Å². The molecular weight excluding hydrogens is 356 g/mol. The maximum atomic E-state index is 11.6. The van der Waals surface area contributed by atoms with E-state index >= 15 is 0 Å². The van der Waals surface area contributed by atoms with Crippen molar-refractivity contribution in [3.8, 4) is 0 Å². The van der Waals surface area contributed by atoms with Crippen molar-refractivity contribution >= 4 is 11.9 Å². The zero-order chi connectivity index (χ0) is 21.3. The van der Waals surface area contributed by atoms with Crippen molar-refractivity contribution in [3.05, 3.63) is 0 Å². The predicted molar refractivity (Wildman–Crippen MR) is 109 cm³/mol. The lowest BCUT2D eigenvalue weighted by Crippen LogP contribution is -2.61. The van der Waals surface area contributed by atoms with Gasteiger partial charge in [-0.2, -0.15) is 0 Å². The number of fused-ring (bicyclic) bond motifs is 1. The molecule has 2 aliphatic rings. The van der Waals surface area contributed by atoms with Crippen LogP contribution >= 0.6 is 0 Å². The molecule has 0 unspecified atom stereocenters. The SMILES string of the molecule is COC(=O)C[C@H](C)CC[C@H]1[C@]2(C)CC[C@@H](OC(C)=O)C(C)(C)[C@H]2CC[C@]1(C)O. The Kier molecular flexibility index (Phi) is 6.90. The second kappa shape index (κ2) is 8.33. The lowest BCUT2D eigenvalue weighted by atomic mass is 9.44. The lowest BCUT2D eigenvalue weighted by Gasteiger charge is -2.62. The van der Waals surface area contributed by atoms with Crippen molar-refractivity contribution < 1.29 is 24.2 Å². The Morgan fingerprint density at radius 1 is 1.14 bits per heavy atom. The van der Waals surface area contributed by atoms with Crippen molar-refractivity contribution in [2.75, 3.05) is 7.11 Å². The molecule has 0 saturated heterocycles. The summed E-state index contributed by atoms with van der Waals surface area (Å²) < 4.78 is 10.5. The average molecular weight is 397 g/mol. The number of carbonyl (C=O) groups is 2. The Morgan fingerprint density at radius 3 is 2.36 bits per heavy atom. The van der Waals surface area contributed by atoms with E-state index in [9.17, 15) is 14.7 Å². The van der Waals surface area contributed by atoms with Gasteiger partial charge in [0.05, 0.1) is 12.7 Å². The van der Waals surface area contributed by atoms with Crippen LogP contribution in [0.5, 0.6) is 0 Å². The van der Waals surface area contributed by atoms with E-state index in [1.54, 1.807) is 0 Å². The van der Waals surface area contributed by atoms with E-state index in [0.29, 0.717) is 12.3 Å². The maximum Gasteiger partial charge on any atom is 0.305 e. The van der Waals surface area contributed by atoms with E-state index in [0.717, 1.165) is 38.5 Å². The Balaban J connectivity index is 2.20. The number of aliphatic hydroxyl groups is 1. The van der Waals surface area contributed by atoms with Crippen LogP contribution in [0, 0.1) is 28.6 Å². The number of methoxy groups -OCH3 is 1. The number of ether oxygens (including phenoxy) is 2. The minimum absolute atomic E-state index is 0.00706. The monoisotopic (exact) mass is 396 g/mol. The van der Waals surface area contributed by atoms with Crippen LogP contribution in [-0.4, -0.2) is 35.9 Å². The molecule has 0 spiro atoms. The molecule has 2 rings (SSSR count). The zero-order valence-corrected chi connectivity index (χ0v) is 18.8. The van der Waals surface area contributed by atoms with E-state index in [4.69, 9.17) is 9.47 Å². The highest BCUT2D eigenvalue weighted by Crippen LogP contribution is 2.63. The minimum Gasteiger partial charge on any atom is -0.469 e. The highest BCUT2D eigenvalue weighted by atomic mass is 16.5. The fourth-order valence-electron chi connectivity index (χ4n) is 6.48. The Hall–Kier alpha value is -1.10. The smallest absolute Gasteiger partial charge is 0.305 e. The highest BCUT2D eigenvalue weighted by molar-refractivity contribution is 5.69. The zero-order valence-electron chi connectivity index (χ0n) is 18.8. The van der Waals surface area contributed by atoms with Crippen LogP contribution in [0.2, 0.25) is 0 Å². The average Bonchev–Trinajstić information content (AvgIpc) is 2.56. The van der Waals surface area contributed by atoms with Crippen molar-refractivity contribution in [1.29, 1.82) is 0 Å². The van der Waals surface area contributed by atoms with Gasteiger partial charge >= 0.3 is 11.9 Å². The van der Waals surface area contributed by atoms with E-state index < -0.39 is 5.60 Å². The summed E-state index contributed by atoms with van der Waals surface area (Å²) in [6, 6.07) is 0. The molecule has 5 heteroatoms. The third kappa shape index (κ3) is 4.55. The molecule has 6 atom stereocenters. The van der Waals surface area contributed by atoms with Gasteiger partial charge in [-0.25, -0.2) is 0 Å². The summed E-state index contributed by atoms with van der Waals surface area (Å²) in [7, 11) is 1.43. The van der Waals surface area contributed by atoms with Crippen LogP contribution in [0.3, 0.4) is 0 Å². The largest absolute Gasteiger partial charge is 0.469 e. The van der Waals surface area contributed by atoms with Crippen molar-refractivity contribution in [1.82, 2.24) is 0 Å². The molecule has 162 valence electrons.